The Kier molecular flexibility index (Phi) is 4.43. The fourth-order valence-corrected chi connectivity index (χ4v) is 4.24. The third kappa shape index (κ3) is 3.05. The van der Waals surface area contributed by atoms with Crippen LogP contribution < -0.4 is 0 Å². The van der Waals surface area contributed by atoms with Crippen LogP contribution in [0.2, 0.25) is 0 Å². The molecule has 8 heteroatoms. The Morgan fingerprint density at radius 3 is 2.54 bits per heavy atom. The largest absolute Gasteiger partial charge is 0.312 e. The van der Waals surface area contributed by atoms with Crippen LogP contribution in [0.5, 0.6) is 0 Å². The van der Waals surface area contributed by atoms with Crippen LogP contribution in [0.1, 0.15) is 12.5 Å². The molecule has 1 aromatic carbocycles. The zero-order chi connectivity index (χ0) is 19.9. The number of benzene rings is 1. The summed E-state index contributed by atoms with van der Waals surface area (Å²) in [5.41, 5.74) is 3.61. The van der Waals surface area contributed by atoms with Crippen LogP contribution in [0.25, 0.3) is 33.9 Å². The number of aryl methyl sites for hydroxylation is 2. The van der Waals surface area contributed by atoms with Crippen molar-refractivity contribution in [3.63, 3.8) is 0 Å². The van der Waals surface area contributed by atoms with Gasteiger partial charge in [0.25, 0.3) is 0 Å². The molecule has 3 aromatic heterocycles. The van der Waals surface area contributed by atoms with Crippen LogP contribution in [-0.2, 0) is 16.9 Å². The van der Waals surface area contributed by atoms with Gasteiger partial charge in [-0.2, -0.15) is 0 Å². The third-order valence-corrected chi connectivity index (χ3v) is 6.38. The van der Waals surface area contributed by atoms with E-state index in [-0.39, 0.29) is 10.6 Å². The Morgan fingerprint density at radius 2 is 1.82 bits per heavy atom. The number of aromatic nitrogens is 5. The Labute approximate surface area is 163 Å². The summed E-state index contributed by atoms with van der Waals surface area (Å²) in [7, 11) is -1.66. The number of hydrogen-bond acceptors (Lipinski definition) is 6. The van der Waals surface area contributed by atoms with Gasteiger partial charge >= 0.3 is 0 Å². The number of fused-ring (bicyclic) bond motifs is 1. The second-order valence-corrected chi connectivity index (χ2v) is 8.78. The minimum Gasteiger partial charge on any atom is -0.312 e. The maximum absolute atomic E-state index is 12.9. The molecule has 0 N–H and O–H groups in total. The van der Waals surface area contributed by atoms with E-state index in [4.69, 9.17) is 0 Å². The first-order valence-corrected chi connectivity index (χ1v) is 10.5. The standard InChI is InChI=1S/C20H19N5O2S/c1-4-28(26,27)17-11-14(18-21-8-5-9-22-18)6-7-15(17)19-24-16-10-13(2)12-23-20(16)25(19)3/h5-12H,4H2,1-3H3. The topological polar surface area (TPSA) is 90.6 Å². The first kappa shape index (κ1) is 18.2. The summed E-state index contributed by atoms with van der Waals surface area (Å²) in [4.78, 5) is 17.8. The zero-order valence-corrected chi connectivity index (χ0v) is 16.6. The molecule has 0 aliphatic rings. The van der Waals surface area contributed by atoms with Gasteiger partial charge < -0.3 is 4.57 Å². The highest BCUT2D eigenvalue weighted by Crippen LogP contribution is 2.32. The van der Waals surface area contributed by atoms with Crippen molar-refractivity contribution in [2.75, 3.05) is 5.75 Å². The number of imidazole rings is 1. The lowest BCUT2D eigenvalue weighted by molar-refractivity contribution is 0.597. The molecule has 28 heavy (non-hydrogen) atoms. The predicted molar refractivity (Wildman–Crippen MR) is 107 cm³/mol. The van der Waals surface area contributed by atoms with E-state index < -0.39 is 9.84 Å². The van der Waals surface area contributed by atoms with E-state index in [2.05, 4.69) is 19.9 Å². The number of nitrogens with zero attached hydrogens (tertiary/aromatic N) is 5. The molecule has 0 bridgehead atoms. The highest BCUT2D eigenvalue weighted by Gasteiger charge is 2.23. The summed E-state index contributed by atoms with van der Waals surface area (Å²) < 4.78 is 27.5. The molecule has 0 aliphatic heterocycles. The minimum absolute atomic E-state index is 0.0135. The van der Waals surface area contributed by atoms with Gasteiger partial charge in [0, 0.05) is 36.8 Å². The normalized spacial score (nSPS) is 11.8. The van der Waals surface area contributed by atoms with Crippen LogP contribution in [0.4, 0.5) is 0 Å². The van der Waals surface area contributed by atoms with Gasteiger partial charge in [-0.15, -0.1) is 0 Å². The number of sulfone groups is 1. The fraction of sp³-hybridized carbons (Fsp3) is 0.200. The molecule has 0 unspecified atom stereocenters. The monoisotopic (exact) mass is 393 g/mol. The second-order valence-electron chi connectivity index (χ2n) is 6.54. The summed E-state index contributed by atoms with van der Waals surface area (Å²) in [6.45, 7) is 3.58. The van der Waals surface area contributed by atoms with Crippen LogP contribution >= 0.6 is 0 Å². The highest BCUT2D eigenvalue weighted by molar-refractivity contribution is 7.91. The molecule has 0 fully saturated rings. The van der Waals surface area contributed by atoms with Gasteiger partial charge in [0.2, 0.25) is 0 Å². The van der Waals surface area contributed by atoms with E-state index in [1.54, 1.807) is 43.7 Å². The van der Waals surface area contributed by atoms with Crippen molar-refractivity contribution in [2.45, 2.75) is 18.7 Å². The first-order valence-electron chi connectivity index (χ1n) is 8.84. The van der Waals surface area contributed by atoms with Crippen molar-refractivity contribution in [1.29, 1.82) is 0 Å². The third-order valence-electron chi connectivity index (χ3n) is 4.61. The first-order chi connectivity index (χ1) is 13.4. The maximum Gasteiger partial charge on any atom is 0.178 e. The fourth-order valence-electron chi connectivity index (χ4n) is 3.12. The van der Waals surface area contributed by atoms with Gasteiger partial charge in [-0.25, -0.2) is 28.4 Å². The van der Waals surface area contributed by atoms with Crippen LogP contribution in [0.3, 0.4) is 0 Å². The van der Waals surface area contributed by atoms with E-state index in [0.29, 0.717) is 28.4 Å². The van der Waals surface area contributed by atoms with Crippen molar-refractivity contribution in [3.8, 4) is 22.8 Å². The lowest BCUT2D eigenvalue weighted by atomic mass is 10.1. The quantitative estimate of drug-likeness (QED) is 0.529. The average molecular weight is 393 g/mol. The number of pyridine rings is 1. The molecule has 0 amide bonds. The van der Waals surface area contributed by atoms with Crippen molar-refractivity contribution in [1.82, 2.24) is 24.5 Å². The van der Waals surface area contributed by atoms with Crippen molar-refractivity contribution in [3.05, 3.63) is 54.5 Å². The Morgan fingerprint density at radius 1 is 1.07 bits per heavy atom. The molecule has 0 radical (unpaired) electrons. The molecule has 0 atom stereocenters. The van der Waals surface area contributed by atoms with Crippen molar-refractivity contribution in [2.24, 2.45) is 7.05 Å². The van der Waals surface area contributed by atoms with Crippen LogP contribution in [-0.4, -0.2) is 38.7 Å². The van der Waals surface area contributed by atoms with Gasteiger partial charge in [-0.1, -0.05) is 13.0 Å². The van der Waals surface area contributed by atoms with Crippen LogP contribution in [0.15, 0.2) is 53.8 Å². The lowest BCUT2D eigenvalue weighted by Crippen LogP contribution is -2.08. The molecule has 7 nitrogen and oxygen atoms in total. The van der Waals surface area contributed by atoms with E-state index in [1.165, 1.54) is 0 Å². The summed E-state index contributed by atoms with van der Waals surface area (Å²) >= 11 is 0. The maximum atomic E-state index is 12.9. The zero-order valence-electron chi connectivity index (χ0n) is 15.8. The Bertz CT molecular complexity index is 1280. The van der Waals surface area contributed by atoms with Crippen LogP contribution in [0, 0.1) is 6.92 Å². The van der Waals surface area contributed by atoms with E-state index in [1.807, 2.05) is 30.7 Å². The van der Waals surface area contributed by atoms with Gasteiger partial charge in [-0.3, -0.25) is 0 Å². The smallest absolute Gasteiger partial charge is 0.178 e. The van der Waals surface area contributed by atoms with Gasteiger partial charge in [0.1, 0.15) is 11.3 Å². The van der Waals surface area contributed by atoms with Gasteiger partial charge in [0.05, 0.1) is 10.6 Å². The molecule has 0 saturated carbocycles. The summed E-state index contributed by atoms with van der Waals surface area (Å²) in [5.74, 6) is 1.02. The summed E-state index contributed by atoms with van der Waals surface area (Å²) in [6, 6.07) is 8.86. The number of hydrogen-bond donors (Lipinski definition) is 0. The average Bonchev–Trinajstić information content (AvgIpc) is 3.03. The van der Waals surface area contributed by atoms with E-state index in [0.717, 1.165) is 11.1 Å². The minimum atomic E-state index is -3.50. The molecule has 0 aliphatic carbocycles. The molecule has 4 aromatic rings. The molecule has 0 spiro atoms. The highest BCUT2D eigenvalue weighted by atomic mass is 32.2. The Balaban J connectivity index is 1.98. The Hall–Kier alpha value is -3.13. The summed E-state index contributed by atoms with van der Waals surface area (Å²) in [5, 5.41) is 0. The molecular formula is C20H19N5O2S. The van der Waals surface area contributed by atoms with E-state index >= 15 is 0 Å². The van der Waals surface area contributed by atoms with Crippen molar-refractivity contribution < 1.29 is 8.42 Å². The summed E-state index contributed by atoms with van der Waals surface area (Å²) in [6.07, 6.45) is 5.03. The predicted octanol–water partition coefficient (Wildman–Crippen LogP) is 3.19. The molecular weight excluding hydrogens is 374 g/mol. The van der Waals surface area contributed by atoms with Crippen molar-refractivity contribution >= 4 is 21.0 Å². The molecule has 3 heterocycles. The van der Waals surface area contributed by atoms with E-state index in [9.17, 15) is 8.42 Å². The molecule has 4 rings (SSSR count). The SMILES string of the molecule is CCS(=O)(=O)c1cc(-c2ncccn2)ccc1-c1nc2cc(C)cnc2n1C. The van der Waals surface area contributed by atoms with Gasteiger partial charge in [0.15, 0.2) is 21.3 Å². The molecule has 0 saturated heterocycles. The lowest BCUT2D eigenvalue weighted by Gasteiger charge is -2.11. The second kappa shape index (κ2) is 6.79. The van der Waals surface area contributed by atoms with Gasteiger partial charge in [-0.05, 0) is 36.8 Å². The number of rotatable bonds is 4. The molecule has 142 valence electrons.